The summed E-state index contributed by atoms with van der Waals surface area (Å²) in [4.78, 5) is 0.0740. The van der Waals surface area contributed by atoms with Crippen molar-refractivity contribution in [3.63, 3.8) is 0 Å². The van der Waals surface area contributed by atoms with Gasteiger partial charge in [-0.3, -0.25) is 9.82 Å². The number of sulfonamides is 1. The van der Waals surface area contributed by atoms with Crippen molar-refractivity contribution in [2.24, 2.45) is 0 Å². The number of hydrogen-bond acceptors (Lipinski definition) is 5. The van der Waals surface area contributed by atoms with Gasteiger partial charge in [0.2, 0.25) is 0 Å². The number of ether oxygens (including phenoxy) is 1. The van der Waals surface area contributed by atoms with E-state index in [1.54, 1.807) is 43.5 Å². The van der Waals surface area contributed by atoms with Gasteiger partial charge in [-0.05, 0) is 25.1 Å². The van der Waals surface area contributed by atoms with Gasteiger partial charge >= 0.3 is 0 Å². The average molecular weight is 333 g/mol. The fraction of sp³-hybridized carbons (Fsp3) is 0.133. The largest absolute Gasteiger partial charge is 0.497 e. The summed E-state index contributed by atoms with van der Waals surface area (Å²) in [5, 5.41) is 6.56. The fourth-order valence-corrected chi connectivity index (χ4v) is 3.38. The normalized spacial score (nSPS) is 11.4. The lowest BCUT2D eigenvalue weighted by Gasteiger charge is -2.08. The zero-order valence-corrected chi connectivity index (χ0v) is 13.3. The maximum atomic E-state index is 12.6. The van der Waals surface area contributed by atoms with E-state index in [1.807, 2.05) is 0 Å². The fourth-order valence-electron chi connectivity index (χ4n) is 2.15. The Labute approximate surface area is 133 Å². The quantitative estimate of drug-likeness (QED) is 0.748. The first-order chi connectivity index (χ1) is 11.0. The second kappa shape index (κ2) is 5.81. The molecule has 0 radical (unpaired) electrons. The van der Waals surface area contributed by atoms with Gasteiger partial charge in [0.25, 0.3) is 10.0 Å². The van der Waals surface area contributed by atoms with Crippen LogP contribution >= 0.6 is 0 Å². The maximum Gasteiger partial charge on any atom is 0.265 e. The van der Waals surface area contributed by atoms with Gasteiger partial charge in [0, 0.05) is 18.3 Å². The second-order valence-corrected chi connectivity index (χ2v) is 6.49. The van der Waals surface area contributed by atoms with Gasteiger partial charge in [0.1, 0.15) is 22.1 Å². The standard InChI is InChI=1S/C15H15N3O4S/c1-10-15(9-14(22-10)13-6-7-16-17-13)23(19,20)18-11-4-3-5-12(8-11)21-2/h3-9,18H,1-2H3,(H,16,17). The van der Waals surface area contributed by atoms with Crippen LogP contribution < -0.4 is 9.46 Å². The van der Waals surface area contributed by atoms with Gasteiger partial charge in [-0.25, -0.2) is 8.42 Å². The van der Waals surface area contributed by atoms with Crippen molar-refractivity contribution in [2.45, 2.75) is 11.8 Å². The minimum absolute atomic E-state index is 0.0740. The highest BCUT2D eigenvalue weighted by atomic mass is 32.2. The van der Waals surface area contributed by atoms with Gasteiger partial charge in [-0.2, -0.15) is 5.10 Å². The first-order valence-corrected chi connectivity index (χ1v) is 8.25. The molecule has 0 aliphatic carbocycles. The Morgan fingerprint density at radius 1 is 1.26 bits per heavy atom. The molecule has 2 N–H and O–H groups in total. The molecule has 3 aromatic rings. The third kappa shape index (κ3) is 3.07. The average Bonchev–Trinajstić information content (AvgIpc) is 3.16. The summed E-state index contributed by atoms with van der Waals surface area (Å²) in [6.07, 6.45) is 1.57. The third-order valence-electron chi connectivity index (χ3n) is 3.25. The molecule has 0 aliphatic rings. The third-order valence-corrected chi connectivity index (χ3v) is 4.74. The molecule has 0 spiro atoms. The zero-order chi connectivity index (χ0) is 16.4. The number of aromatic nitrogens is 2. The number of H-pyrrole nitrogens is 1. The number of rotatable bonds is 5. The Kier molecular flexibility index (Phi) is 3.83. The predicted molar refractivity (Wildman–Crippen MR) is 84.8 cm³/mol. The van der Waals surface area contributed by atoms with Crippen molar-refractivity contribution >= 4 is 15.7 Å². The molecule has 8 heteroatoms. The van der Waals surface area contributed by atoms with Gasteiger partial charge in [0.05, 0.1) is 12.8 Å². The van der Waals surface area contributed by atoms with E-state index in [-0.39, 0.29) is 4.90 Å². The van der Waals surface area contributed by atoms with Gasteiger partial charge < -0.3 is 9.15 Å². The van der Waals surface area contributed by atoms with Crippen molar-refractivity contribution in [1.82, 2.24) is 10.2 Å². The lowest BCUT2D eigenvalue weighted by Crippen LogP contribution is -2.13. The molecule has 3 rings (SSSR count). The van der Waals surface area contributed by atoms with Crippen LogP contribution in [0.25, 0.3) is 11.5 Å². The van der Waals surface area contributed by atoms with E-state index >= 15 is 0 Å². The lowest BCUT2D eigenvalue weighted by molar-refractivity contribution is 0.415. The summed E-state index contributed by atoms with van der Waals surface area (Å²) in [5.74, 6) is 1.27. The molecule has 1 aromatic carbocycles. The Hall–Kier alpha value is -2.74. The number of methoxy groups -OCH3 is 1. The number of nitrogens with one attached hydrogen (secondary N) is 2. The molecule has 0 fully saturated rings. The topological polar surface area (TPSA) is 97.2 Å². The highest BCUT2D eigenvalue weighted by Gasteiger charge is 2.22. The van der Waals surface area contributed by atoms with Crippen LogP contribution in [0.3, 0.4) is 0 Å². The van der Waals surface area contributed by atoms with Crippen LogP contribution in [-0.2, 0) is 10.0 Å². The number of furan rings is 1. The first kappa shape index (κ1) is 15.2. The van der Waals surface area contributed by atoms with Gasteiger partial charge in [-0.1, -0.05) is 6.07 Å². The van der Waals surface area contributed by atoms with Crippen LogP contribution in [-0.4, -0.2) is 25.7 Å². The van der Waals surface area contributed by atoms with E-state index in [1.165, 1.54) is 13.2 Å². The Bertz CT molecular complexity index is 914. The molecule has 0 bridgehead atoms. The summed E-state index contributed by atoms with van der Waals surface area (Å²) < 4.78 is 38.2. The molecule has 0 aliphatic heterocycles. The predicted octanol–water partition coefficient (Wildman–Crippen LogP) is 2.79. The van der Waals surface area contributed by atoms with Gasteiger partial charge in [-0.15, -0.1) is 0 Å². The highest BCUT2D eigenvalue weighted by Crippen LogP contribution is 2.28. The van der Waals surface area contributed by atoms with E-state index in [2.05, 4.69) is 14.9 Å². The molecule has 0 atom stereocenters. The molecular weight excluding hydrogens is 318 g/mol. The SMILES string of the molecule is COc1cccc(NS(=O)(=O)c2cc(-c3ccn[nH]3)oc2C)c1. The van der Waals surface area contributed by atoms with Crippen LogP contribution in [0.2, 0.25) is 0 Å². The van der Waals surface area contributed by atoms with Crippen LogP contribution in [0.4, 0.5) is 5.69 Å². The second-order valence-electron chi connectivity index (χ2n) is 4.84. The minimum Gasteiger partial charge on any atom is -0.497 e. The molecule has 0 unspecified atom stereocenters. The number of hydrogen-bond donors (Lipinski definition) is 2. The Morgan fingerprint density at radius 3 is 2.78 bits per heavy atom. The molecule has 7 nitrogen and oxygen atoms in total. The first-order valence-electron chi connectivity index (χ1n) is 6.76. The van der Waals surface area contributed by atoms with E-state index in [4.69, 9.17) is 9.15 Å². The van der Waals surface area contributed by atoms with Crippen LogP contribution in [0, 0.1) is 6.92 Å². The summed E-state index contributed by atoms with van der Waals surface area (Å²) in [5.41, 5.74) is 1.02. The van der Waals surface area contributed by atoms with Crippen molar-refractivity contribution in [3.8, 4) is 17.2 Å². The van der Waals surface area contributed by atoms with Crippen molar-refractivity contribution in [2.75, 3.05) is 11.8 Å². The molecule has 120 valence electrons. The highest BCUT2D eigenvalue weighted by molar-refractivity contribution is 7.92. The minimum atomic E-state index is -3.77. The van der Waals surface area contributed by atoms with Crippen LogP contribution in [0.1, 0.15) is 5.76 Å². The lowest BCUT2D eigenvalue weighted by atomic mass is 10.3. The molecule has 0 amide bonds. The number of anilines is 1. The van der Waals surface area contributed by atoms with Crippen molar-refractivity contribution < 1.29 is 17.6 Å². The molecular formula is C15H15N3O4S. The smallest absolute Gasteiger partial charge is 0.265 e. The van der Waals surface area contributed by atoms with Crippen molar-refractivity contribution in [3.05, 3.63) is 48.4 Å². The van der Waals surface area contributed by atoms with Crippen LogP contribution in [0.5, 0.6) is 5.75 Å². The van der Waals surface area contributed by atoms with E-state index in [9.17, 15) is 8.42 Å². The number of aryl methyl sites for hydroxylation is 1. The molecule has 23 heavy (non-hydrogen) atoms. The zero-order valence-electron chi connectivity index (χ0n) is 12.5. The molecule has 0 saturated heterocycles. The van der Waals surface area contributed by atoms with E-state index in [0.29, 0.717) is 28.7 Å². The summed E-state index contributed by atoms with van der Waals surface area (Å²) in [6, 6.07) is 9.84. The Morgan fingerprint density at radius 2 is 2.09 bits per heavy atom. The molecule has 2 heterocycles. The molecule has 0 saturated carbocycles. The number of benzene rings is 1. The summed E-state index contributed by atoms with van der Waals surface area (Å²) in [7, 11) is -2.25. The van der Waals surface area contributed by atoms with E-state index < -0.39 is 10.0 Å². The van der Waals surface area contributed by atoms with E-state index in [0.717, 1.165) is 0 Å². The molecule has 2 aromatic heterocycles. The Balaban J connectivity index is 1.93. The summed E-state index contributed by atoms with van der Waals surface area (Å²) in [6.45, 7) is 1.60. The van der Waals surface area contributed by atoms with Crippen LogP contribution in [0.15, 0.2) is 51.9 Å². The maximum absolute atomic E-state index is 12.6. The van der Waals surface area contributed by atoms with Crippen molar-refractivity contribution in [1.29, 1.82) is 0 Å². The monoisotopic (exact) mass is 333 g/mol. The number of aromatic amines is 1. The number of nitrogens with zero attached hydrogens (tertiary/aromatic N) is 1. The summed E-state index contributed by atoms with van der Waals surface area (Å²) >= 11 is 0. The van der Waals surface area contributed by atoms with Gasteiger partial charge in [0.15, 0.2) is 5.76 Å².